The van der Waals surface area contributed by atoms with Crippen LogP contribution in [0, 0.1) is 13.8 Å². The molecule has 0 amide bonds. The van der Waals surface area contributed by atoms with Crippen LogP contribution in [0.4, 0.5) is 0 Å². The van der Waals surface area contributed by atoms with Crippen LogP contribution in [0.2, 0.25) is 0 Å². The summed E-state index contributed by atoms with van der Waals surface area (Å²) < 4.78 is 6.55. The summed E-state index contributed by atoms with van der Waals surface area (Å²) in [6.45, 7) is 3.97. The fourth-order valence-electron chi connectivity index (χ4n) is 2.39. The average molecular weight is 329 g/mol. The Kier molecular flexibility index (Phi) is 3.22. The van der Waals surface area contributed by atoms with Gasteiger partial charge in [0.1, 0.15) is 5.58 Å². The quantitative estimate of drug-likeness (QED) is 0.616. The highest BCUT2D eigenvalue weighted by Crippen LogP contribution is 2.28. The fourth-order valence-corrected chi connectivity index (χ4v) is 2.85. The van der Waals surface area contributed by atoms with Crippen molar-refractivity contribution in [3.63, 3.8) is 0 Å². The van der Waals surface area contributed by atoms with Gasteiger partial charge in [0.2, 0.25) is 5.78 Å². The number of furan rings is 1. The maximum atomic E-state index is 12.5. The van der Waals surface area contributed by atoms with E-state index in [1.165, 1.54) is 0 Å². The van der Waals surface area contributed by atoms with Crippen LogP contribution >= 0.6 is 15.9 Å². The normalized spacial score (nSPS) is 10.9. The Balaban J connectivity index is 2.10. The number of benzene rings is 2. The second-order valence-electron chi connectivity index (χ2n) is 4.97. The summed E-state index contributed by atoms with van der Waals surface area (Å²) in [6, 6.07) is 13.4. The summed E-state index contributed by atoms with van der Waals surface area (Å²) in [5.74, 6) is 0.289. The highest BCUT2D eigenvalue weighted by molar-refractivity contribution is 9.10. The molecule has 0 fully saturated rings. The lowest BCUT2D eigenvalue weighted by atomic mass is 10.0. The van der Waals surface area contributed by atoms with Crippen molar-refractivity contribution in [2.45, 2.75) is 13.8 Å². The Morgan fingerprint density at radius 1 is 1.05 bits per heavy atom. The molecule has 20 heavy (non-hydrogen) atoms. The lowest BCUT2D eigenvalue weighted by Gasteiger charge is -2.02. The Morgan fingerprint density at radius 2 is 1.75 bits per heavy atom. The van der Waals surface area contributed by atoms with Crippen LogP contribution in [0.25, 0.3) is 11.0 Å². The second kappa shape index (κ2) is 4.91. The zero-order chi connectivity index (χ0) is 14.3. The number of ketones is 1. The van der Waals surface area contributed by atoms with Crippen molar-refractivity contribution in [3.05, 3.63) is 69.4 Å². The molecule has 3 heteroatoms. The number of aryl methyl sites for hydroxylation is 2. The zero-order valence-corrected chi connectivity index (χ0v) is 12.8. The van der Waals surface area contributed by atoms with Gasteiger partial charge < -0.3 is 4.42 Å². The standard InChI is InChI=1S/C17H13BrO2/c1-10-6-11(2)8-13(7-10)16(19)15-9-12-4-3-5-14(18)17(12)20-15/h3-9H,1-2H3. The van der Waals surface area contributed by atoms with Crippen LogP contribution in [-0.4, -0.2) is 5.78 Å². The van der Waals surface area contributed by atoms with Crippen molar-refractivity contribution in [2.75, 3.05) is 0 Å². The van der Waals surface area contributed by atoms with E-state index in [4.69, 9.17) is 4.42 Å². The molecule has 3 aromatic rings. The fraction of sp³-hybridized carbons (Fsp3) is 0.118. The molecule has 0 saturated heterocycles. The van der Waals surface area contributed by atoms with Gasteiger partial charge in [-0.15, -0.1) is 0 Å². The van der Waals surface area contributed by atoms with Crippen molar-refractivity contribution in [3.8, 4) is 0 Å². The van der Waals surface area contributed by atoms with E-state index < -0.39 is 0 Å². The van der Waals surface area contributed by atoms with Crippen molar-refractivity contribution in [2.24, 2.45) is 0 Å². The van der Waals surface area contributed by atoms with E-state index in [-0.39, 0.29) is 5.78 Å². The first-order valence-electron chi connectivity index (χ1n) is 6.35. The molecular formula is C17H13BrO2. The number of carbonyl (C=O) groups is 1. The van der Waals surface area contributed by atoms with Crippen molar-refractivity contribution >= 4 is 32.7 Å². The Hall–Kier alpha value is -1.87. The van der Waals surface area contributed by atoms with Gasteiger partial charge in [-0.1, -0.05) is 29.3 Å². The molecule has 0 atom stereocenters. The first-order valence-corrected chi connectivity index (χ1v) is 7.15. The molecule has 0 aliphatic heterocycles. The molecule has 2 aromatic carbocycles. The van der Waals surface area contributed by atoms with E-state index in [2.05, 4.69) is 15.9 Å². The minimum atomic E-state index is -0.0834. The molecule has 0 bridgehead atoms. The van der Waals surface area contributed by atoms with Gasteiger partial charge in [0, 0.05) is 10.9 Å². The summed E-state index contributed by atoms with van der Waals surface area (Å²) in [5.41, 5.74) is 3.52. The highest BCUT2D eigenvalue weighted by Gasteiger charge is 2.16. The predicted octanol–water partition coefficient (Wildman–Crippen LogP) is 5.04. The third-order valence-corrected chi connectivity index (χ3v) is 3.83. The number of fused-ring (bicyclic) bond motifs is 1. The van der Waals surface area contributed by atoms with Gasteiger partial charge in [-0.05, 0) is 54.0 Å². The van der Waals surface area contributed by atoms with Crippen molar-refractivity contribution < 1.29 is 9.21 Å². The zero-order valence-electron chi connectivity index (χ0n) is 11.2. The molecule has 100 valence electrons. The largest absolute Gasteiger partial charge is 0.451 e. The summed E-state index contributed by atoms with van der Waals surface area (Å²) in [4.78, 5) is 12.5. The lowest BCUT2D eigenvalue weighted by Crippen LogP contribution is -2.00. The first-order chi connectivity index (χ1) is 9.54. The van der Waals surface area contributed by atoms with Crippen molar-refractivity contribution in [1.29, 1.82) is 0 Å². The van der Waals surface area contributed by atoms with E-state index >= 15 is 0 Å². The number of hydrogen-bond donors (Lipinski definition) is 0. The Bertz CT molecular complexity index is 795. The molecule has 1 heterocycles. The van der Waals surface area contributed by atoms with Gasteiger partial charge in [0.25, 0.3) is 0 Å². The van der Waals surface area contributed by atoms with Gasteiger partial charge in [0.05, 0.1) is 4.47 Å². The Labute approximate surface area is 125 Å². The molecule has 0 spiro atoms. The van der Waals surface area contributed by atoms with Crippen LogP contribution in [0.1, 0.15) is 27.2 Å². The van der Waals surface area contributed by atoms with E-state index in [1.807, 2.05) is 50.2 Å². The maximum Gasteiger partial charge on any atom is 0.228 e. The monoisotopic (exact) mass is 328 g/mol. The molecule has 3 rings (SSSR count). The molecule has 0 aliphatic rings. The van der Waals surface area contributed by atoms with Gasteiger partial charge in [-0.3, -0.25) is 4.79 Å². The number of rotatable bonds is 2. The van der Waals surface area contributed by atoms with Crippen LogP contribution < -0.4 is 0 Å². The summed E-state index contributed by atoms with van der Waals surface area (Å²) in [7, 11) is 0. The first kappa shape index (κ1) is 13.1. The molecule has 0 aliphatic carbocycles. The third kappa shape index (κ3) is 2.29. The number of halogens is 1. The van der Waals surface area contributed by atoms with Crippen LogP contribution in [0.15, 0.2) is 51.4 Å². The molecule has 1 aromatic heterocycles. The number of carbonyl (C=O) groups excluding carboxylic acids is 1. The summed E-state index contributed by atoms with van der Waals surface area (Å²) in [6.07, 6.45) is 0. The maximum absolute atomic E-state index is 12.5. The second-order valence-corrected chi connectivity index (χ2v) is 5.83. The van der Waals surface area contributed by atoms with E-state index in [0.717, 1.165) is 21.0 Å². The van der Waals surface area contributed by atoms with Gasteiger partial charge in [0.15, 0.2) is 5.76 Å². The third-order valence-electron chi connectivity index (χ3n) is 3.20. The molecule has 0 N–H and O–H groups in total. The highest BCUT2D eigenvalue weighted by atomic mass is 79.9. The lowest BCUT2D eigenvalue weighted by molar-refractivity contribution is 0.101. The van der Waals surface area contributed by atoms with E-state index in [1.54, 1.807) is 6.07 Å². The average Bonchev–Trinajstić information content (AvgIpc) is 2.82. The van der Waals surface area contributed by atoms with Crippen LogP contribution in [0.3, 0.4) is 0 Å². The molecular weight excluding hydrogens is 316 g/mol. The number of para-hydroxylation sites is 1. The molecule has 2 nitrogen and oxygen atoms in total. The van der Waals surface area contributed by atoms with Crippen LogP contribution in [0.5, 0.6) is 0 Å². The molecule has 0 radical (unpaired) electrons. The Morgan fingerprint density at radius 3 is 2.40 bits per heavy atom. The van der Waals surface area contributed by atoms with Crippen LogP contribution in [-0.2, 0) is 0 Å². The smallest absolute Gasteiger partial charge is 0.228 e. The minimum Gasteiger partial charge on any atom is -0.451 e. The van der Waals surface area contributed by atoms with Gasteiger partial charge >= 0.3 is 0 Å². The summed E-state index contributed by atoms with van der Waals surface area (Å²) >= 11 is 3.43. The SMILES string of the molecule is Cc1cc(C)cc(C(=O)c2cc3cccc(Br)c3o2)c1. The predicted molar refractivity (Wildman–Crippen MR) is 83.3 cm³/mol. The van der Waals surface area contributed by atoms with Crippen molar-refractivity contribution in [1.82, 2.24) is 0 Å². The van der Waals surface area contributed by atoms with Gasteiger partial charge in [-0.25, -0.2) is 0 Å². The molecule has 0 saturated carbocycles. The molecule has 0 unspecified atom stereocenters. The van der Waals surface area contributed by atoms with Gasteiger partial charge in [-0.2, -0.15) is 0 Å². The topological polar surface area (TPSA) is 30.2 Å². The van der Waals surface area contributed by atoms with E-state index in [0.29, 0.717) is 16.9 Å². The summed E-state index contributed by atoms with van der Waals surface area (Å²) in [5, 5.41) is 0.923. The van der Waals surface area contributed by atoms with E-state index in [9.17, 15) is 4.79 Å². The minimum absolute atomic E-state index is 0.0834. The number of hydrogen-bond acceptors (Lipinski definition) is 2.